The van der Waals surface area contributed by atoms with Crippen LogP contribution < -0.4 is 10.1 Å². The van der Waals surface area contributed by atoms with Crippen molar-refractivity contribution in [1.29, 1.82) is 0 Å². The molecule has 0 saturated heterocycles. The summed E-state index contributed by atoms with van der Waals surface area (Å²) in [6, 6.07) is 11.6. The lowest BCUT2D eigenvalue weighted by molar-refractivity contribution is 0.285. The van der Waals surface area contributed by atoms with Crippen LogP contribution in [0.3, 0.4) is 0 Å². The second-order valence-electron chi connectivity index (χ2n) is 5.07. The minimum atomic E-state index is -0.281. The van der Waals surface area contributed by atoms with E-state index >= 15 is 0 Å². The number of hydrogen-bond acceptors (Lipinski definition) is 2. The van der Waals surface area contributed by atoms with E-state index in [2.05, 4.69) is 5.32 Å². The summed E-state index contributed by atoms with van der Waals surface area (Å²) < 4.78 is 18.4. The van der Waals surface area contributed by atoms with E-state index in [0.717, 1.165) is 11.3 Å². The summed E-state index contributed by atoms with van der Waals surface area (Å²) in [5, 5.41) is 4.45. The van der Waals surface area contributed by atoms with Gasteiger partial charge in [0.25, 0.3) is 0 Å². The van der Waals surface area contributed by atoms with E-state index in [0.29, 0.717) is 29.0 Å². The summed E-state index contributed by atoms with van der Waals surface area (Å²) >= 11 is 11.5. The number of nitrogens with zero attached hydrogens (tertiary/aromatic N) is 1. The average molecular weight is 353 g/mol. The number of rotatable bonds is 5. The molecule has 2 aromatic rings. The van der Waals surface area contributed by atoms with E-state index < -0.39 is 0 Å². The molecule has 0 amide bonds. The molecule has 0 atom stereocenters. The Labute approximate surface area is 146 Å². The van der Waals surface area contributed by atoms with E-state index in [9.17, 15) is 4.39 Å². The first-order chi connectivity index (χ1) is 11.0. The zero-order chi connectivity index (χ0) is 16.8. The fraction of sp³-hybridized carbons (Fsp3) is 0.235. The third kappa shape index (κ3) is 5.08. The summed E-state index contributed by atoms with van der Waals surface area (Å²) in [7, 11) is 1.88. The van der Waals surface area contributed by atoms with Crippen LogP contribution in [0.25, 0.3) is 0 Å². The first-order valence-electron chi connectivity index (χ1n) is 7.13. The Balaban J connectivity index is 1.83. The molecule has 6 heteroatoms. The standard InChI is InChI=1S/C17H18ClFN2OS/c1-12-15(18)4-3-5-16(12)20-17(23)21(2)10-11-22-14-8-6-13(19)7-9-14/h3-9H,10-11H2,1-2H3,(H,20,23). The van der Waals surface area contributed by atoms with Crippen molar-refractivity contribution in [2.75, 3.05) is 25.5 Å². The van der Waals surface area contributed by atoms with E-state index in [4.69, 9.17) is 28.6 Å². The van der Waals surface area contributed by atoms with Crippen LogP contribution in [0.4, 0.5) is 10.1 Å². The normalized spacial score (nSPS) is 10.3. The van der Waals surface area contributed by atoms with Crippen LogP contribution in [0, 0.1) is 12.7 Å². The quantitative estimate of drug-likeness (QED) is 0.801. The molecule has 2 aromatic carbocycles. The van der Waals surface area contributed by atoms with Gasteiger partial charge in [-0.1, -0.05) is 17.7 Å². The molecule has 0 aromatic heterocycles. The predicted molar refractivity (Wildman–Crippen MR) is 96.9 cm³/mol. The fourth-order valence-electron chi connectivity index (χ4n) is 1.89. The summed E-state index contributed by atoms with van der Waals surface area (Å²) in [6.45, 7) is 2.98. The lowest BCUT2D eigenvalue weighted by Gasteiger charge is -2.22. The van der Waals surface area contributed by atoms with Gasteiger partial charge in [0.1, 0.15) is 18.2 Å². The zero-order valence-electron chi connectivity index (χ0n) is 13.0. The summed E-state index contributed by atoms with van der Waals surface area (Å²) in [4.78, 5) is 1.87. The molecular weight excluding hydrogens is 335 g/mol. The number of benzene rings is 2. The van der Waals surface area contributed by atoms with Gasteiger partial charge in [0.05, 0.1) is 6.54 Å². The van der Waals surface area contributed by atoms with Gasteiger partial charge in [-0.15, -0.1) is 0 Å². The third-order valence-corrected chi connectivity index (χ3v) is 4.19. The fourth-order valence-corrected chi connectivity index (χ4v) is 2.26. The van der Waals surface area contributed by atoms with E-state index in [1.165, 1.54) is 12.1 Å². The van der Waals surface area contributed by atoms with Crippen molar-refractivity contribution in [2.45, 2.75) is 6.92 Å². The van der Waals surface area contributed by atoms with Crippen molar-refractivity contribution in [2.24, 2.45) is 0 Å². The predicted octanol–water partition coefficient (Wildman–Crippen LogP) is 4.50. The molecule has 0 aliphatic carbocycles. The summed E-state index contributed by atoms with van der Waals surface area (Å²) in [5.74, 6) is 0.348. The van der Waals surface area contributed by atoms with Crippen molar-refractivity contribution < 1.29 is 9.13 Å². The number of likely N-dealkylation sites (N-methyl/N-ethyl adjacent to an activating group) is 1. The minimum absolute atomic E-state index is 0.281. The number of hydrogen-bond donors (Lipinski definition) is 1. The lowest BCUT2D eigenvalue weighted by Crippen LogP contribution is -2.34. The molecule has 0 unspecified atom stereocenters. The van der Waals surface area contributed by atoms with Crippen molar-refractivity contribution in [3.05, 3.63) is 58.9 Å². The molecule has 0 fully saturated rings. The Bertz CT molecular complexity index is 679. The van der Waals surface area contributed by atoms with Gasteiger partial charge in [-0.2, -0.15) is 0 Å². The maximum Gasteiger partial charge on any atom is 0.173 e. The zero-order valence-corrected chi connectivity index (χ0v) is 14.5. The molecule has 1 N–H and O–H groups in total. The third-order valence-electron chi connectivity index (χ3n) is 3.37. The van der Waals surface area contributed by atoms with Crippen LogP contribution >= 0.6 is 23.8 Å². The largest absolute Gasteiger partial charge is 0.492 e. The van der Waals surface area contributed by atoms with Gasteiger partial charge in [0, 0.05) is 17.8 Å². The average Bonchev–Trinajstić information content (AvgIpc) is 2.53. The number of anilines is 1. The van der Waals surface area contributed by atoms with Gasteiger partial charge in [-0.25, -0.2) is 4.39 Å². The molecule has 0 aliphatic heterocycles. The first kappa shape index (κ1) is 17.5. The molecule has 0 aliphatic rings. The van der Waals surface area contributed by atoms with E-state index in [1.807, 2.05) is 37.1 Å². The highest BCUT2D eigenvalue weighted by Gasteiger charge is 2.08. The van der Waals surface area contributed by atoms with Crippen molar-refractivity contribution in [3.63, 3.8) is 0 Å². The minimum Gasteiger partial charge on any atom is -0.492 e. The Hall–Kier alpha value is -1.85. The van der Waals surface area contributed by atoms with E-state index in [1.54, 1.807) is 12.1 Å². The molecule has 0 saturated carbocycles. The highest BCUT2D eigenvalue weighted by Crippen LogP contribution is 2.23. The summed E-state index contributed by atoms with van der Waals surface area (Å²) in [6.07, 6.45) is 0. The molecule has 122 valence electrons. The Morgan fingerprint density at radius 2 is 1.96 bits per heavy atom. The van der Waals surface area contributed by atoms with Gasteiger partial charge in [-0.3, -0.25) is 0 Å². The smallest absolute Gasteiger partial charge is 0.173 e. The number of halogens is 2. The number of ether oxygens (including phenoxy) is 1. The Morgan fingerprint density at radius 3 is 2.65 bits per heavy atom. The van der Waals surface area contributed by atoms with Gasteiger partial charge >= 0.3 is 0 Å². The van der Waals surface area contributed by atoms with Crippen molar-refractivity contribution in [1.82, 2.24) is 4.90 Å². The van der Waals surface area contributed by atoms with Crippen LogP contribution in [0.2, 0.25) is 5.02 Å². The second-order valence-corrected chi connectivity index (χ2v) is 5.86. The lowest BCUT2D eigenvalue weighted by atomic mass is 10.2. The molecule has 3 nitrogen and oxygen atoms in total. The SMILES string of the molecule is Cc1c(Cl)cccc1NC(=S)N(C)CCOc1ccc(F)cc1. The maximum absolute atomic E-state index is 12.8. The van der Waals surface area contributed by atoms with E-state index in [-0.39, 0.29) is 5.82 Å². The topological polar surface area (TPSA) is 24.5 Å². The molecule has 0 radical (unpaired) electrons. The Morgan fingerprint density at radius 1 is 1.26 bits per heavy atom. The molecule has 0 spiro atoms. The van der Waals surface area contributed by atoms with Crippen molar-refractivity contribution >= 4 is 34.6 Å². The van der Waals surface area contributed by atoms with Crippen LogP contribution in [0.15, 0.2) is 42.5 Å². The van der Waals surface area contributed by atoms with Crippen LogP contribution in [-0.4, -0.2) is 30.2 Å². The second kappa shape index (κ2) is 8.13. The van der Waals surface area contributed by atoms with Gasteiger partial charge in [0.15, 0.2) is 5.11 Å². The van der Waals surface area contributed by atoms with Crippen LogP contribution in [0.5, 0.6) is 5.75 Å². The van der Waals surface area contributed by atoms with Crippen LogP contribution in [-0.2, 0) is 0 Å². The number of thiocarbonyl (C=S) groups is 1. The Kier molecular flexibility index (Phi) is 6.19. The number of nitrogens with one attached hydrogen (secondary N) is 1. The maximum atomic E-state index is 12.8. The van der Waals surface area contributed by atoms with Gasteiger partial charge < -0.3 is 15.0 Å². The van der Waals surface area contributed by atoms with Crippen molar-refractivity contribution in [3.8, 4) is 5.75 Å². The molecule has 0 heterocycles. The highest BCUT2D eigenvalue weighted by atomic mass is 35.5. The molecule has 0 bridgehead atoms. The van der Waals surface area contributed by atoms with Gasteiger partial charge in [0.2, 0.25) is 0 Å². The molecule has 2 rings (SSSR count). The molecule has 23 heavy (non-hydrogen) atoms. The summed E-state index contributed by atoms with van der Waals surface area (Å²) in [5.41, 5.74) is 1.83. The van der Waals surface area contributed by atoms with Gasteiger partial charge in [-0.05, 0) is 61.1 Å². The monoisotopic (exact) mass is 352 g/mol. The highest BCUT2D eigenvalue weighted by molar-refractivity contribution is 7.80. The first-order valence-corrected chi connectivity index (χ1v) is 7.91. The van der Waals surface area contributed by atoms with Crippen LogP contribution in [0.1, 0.15) is 5.56 Å². The molecular formula is C17H18ClFN2OS.